The van der Waals surface area contributed by atoms with E-state index >= 15 is 0 Å². The molecule has 1 aromatic rings. The minimum absolute atomic E-state index is 0.261. The highest BCUT2D eigenvalue weighted by atomic mass is 15.4. The Morgan fingerprint density at radius 2 is 2.10 bits per heavy atom. The van der Waals surface area contributed by atoms with E-state index in [-0.39, 0.29) is 6.04 Å². The van der Waals surface area contributed by atoms with E-state index in [9.17, 15) is 0 Å². The zero-order valence-corrected chi connectivity index (χ0v) is 12.7. The number of piperidine rings is 1. The van der Waals surface area contributed by atoms with E-state index in [1.807, 2.05) is 0 Å². The molecule has 0 bridgehead atoms. The molecule has 1 aliphatic carbocycles. The number of nitrogens with two attached hydrogens (primary N) is 1. The lowest BCUT2D eigenvalue weighted by molar-refractivity contribution is 0.192. The summed E-state index contributed by atoms with van der Waals surface area (Å²) >= 11 is 0. The predicted octanol–water partition coefficient (Wildman–Crippen LogP) is 2.42. The van der Waals surface area contributed by atoms with E-state index < -0.39 is 0 Å². The normalized spacial score (nSPS) is 30.4. The lowest BCUT2D eigenvalue weighted by Gasteiger charge is -2.37. The first kappa shape index (κ1) is 13.9. The Hall–Kier alpha value is -1.10. The molecule has 112 valence electrons. The molecule has 1 saturated carbocycles. The standard InChI is InChI=1S/C15H27N5/c1-15(2)8-4-3-7-12(15)13-17-14(19-18-13)20-9-5-6-11(16)10-20/h11-12H,3-10,16H2,1-2H3,(H,17,18,19). The first-order valence-electron chi connectivity index (χ1n) is 7.99. The Morgan fingerprint density at radius 1 is 1.25 bits per heavy atom. The largest absolute Gasteiger partial charge is 0.338 e. The van der Waals surface area contributed by atoms with Crippen LogP contribution in [0.1, 0.15) is 64.1 Å². The maximum atomic E-state index is 6.05. The minimum atomic E-state index is 0.261. The molecule has 2 fully saturated rings. The van der Waals surface area contributed by atoms with Gasteiger partial charge in [0.25, 0.3) is 0 Å². The monoisotopic (exact) mass is 277 g/mol. The first-order valence-corrected chi connectivity index (χ1v) is 7.99. The predicted molar refractivity (Wildman–Crippen MR) is 80.8 cm³/mol. The van der Waals surface area contributed by atoms with E-state index in [2.05, 4.69) is 28.9 Å². The smallest absolute Gasteiger partial charge is 0.244 e. The second kappa shape index (κ2) is 5.35. The lowest BCUT2D eigenvalue weighted by atomic mass is 9.68. The third-order valence-corrected chi connectivity index (χ3v) is 5.07. The van der Waals surface area contributed by atoms with Gasteiger partial charge in [-0.3, -0.25) is 5.10 Å². The van der Waals surface area contributed by atoms with Crippen molar-refractivity contribution in [3.8, 4) is 0 Å². The van der Waals surface area contributed by atoms with Crippen molar-refractivity contribution < 1.29 is 0 Å². The molecule has 2 heterocycles. The molecule has 1 saturated heterocycles. The van der Waals surface area contributed by atoms with Gasteiger partial charge in [-0.15, -0.1) is 5.10 Å². The van der Waals surface area contributed by atoms with Gasteiger partial charge in [0.05, 0.1) is 0 Å². The number of nitrogens with zero attached hydrogens (tertiary/aromatic N) is 3. The Labute approximate surface area is 121 Å². The van der Waals surface area contributed by atoms with Gasteiger partial charge in [-0.2, -0.15) is 4.98 Å². The SMILES string of the molecule is CC1(C)CCCCC1c1nc(N2CCCC(N)C2)n[nH]1. The van der Waals surface area contributed by atoms with E-state index in [1.54, 1.807) is 0 Å². The van der Waals surface area contributed by atoms with E-state index in [1.165, 1.54) is 25.7 Å². The van der Waals surface area contributed by atoms with E-state index in [0.717, 1.165) is 37.7 Å². The highest BCUT2D eigenvalue weighted by Gasteiger charge is 2.35. The van der Waals surface area contributed by atoms with Crippen LogP contribution < -0.4 is 10.6 Å². The van der Waals surface area contributed by atoms with Crippen molar-refractivity contribution in [3.05, 3.63) is 5.82 Å². The van der Waals surface area contributed by atoms with Crippen LogP contribution in [-0.4, -0.2) is 34.3 Å². The summed E-state index contributed by atoms with van der Waals surface area (Å²) in [4.78, 5) is 7.02. The maximum absolute atomic E-state index is 6.05. The van der Waals surface area contributed by atoms with Gasteiger partial charge in [0.2, 0.25) is 5.95 Å². The summed E-state index contributed by atoms with van der Waals surface area (Å²) in [5, 5.41) is 7.65. The fourth-order valence-corrected chi connectivity index (χ4v) is 3.75. The third kappa shape index (κ3) is 2.68. The highest BCUT2D eigenvalue weighted by Crippen LogP contribution is 2.45. The summed E-state index contributed by atoms with van der Waals surface area (Å²) in [6.07, 6.45) is 7.40. The molecule has 5 nitrogen and oxygen atoms in total. The molecule has 0 aromatic carbocycles. The average Bonchev–Trinajstić information content (AvgIpc) is 2.87. The van der Waals surface area contributed by atoms with Crippen LogP contribution in [0.15, 0.2) is 0 Å². The summed E-state index contributed by atoms with van der Waals surface area (Å²) in [6, 6.07) is 0.261. The Kier molecular flexibility index (Phi) is 3.71. The van der Waals surface area contributed by atoms with Crippen LogP contribution in [0.25, 0.3) is 0 Å². The number of H-pyrrole nitrogens is 1. The lowest BCUT2D eigenvalue weighted by Crippen LogP contribution is -2.43. The van der Waals surface area contributed by atoms with Crippen LogP contribution in [0.3, 0.4) is 0 Å². The maximum Gasteiger partial charge on any atom is 0.244 e. The number of aromatic amines is 1. The van der Waals surface area contributed by atoms with Gasteiger partial charge in [-0.05, 0) is 31.1 Å². The zero-order valence-electron chi connectivity index (χ0n) is 12.7. The van der Waals surface area contributed by atoms with Crippen LogP contribution in [0.5, 0.6) is 0 Å². The summed E-state index contributed by atoms with van der Waals surface area (Å²) in [5.41, 5.74) is 6.37. The molecule has 1 aromatic heterocycles. The van der Waals surface area contributed by atoms with Gasteiger partial charge >= 0.3 is 0 Å². The fraction of sp³-hybridized carbons (Fsp3) is 0.867. The van der Waals surface area contributed by atoms with E-state index in [4.69, 9.17) is 10.7 Å². The van der Waals surface area contributed by atoms with Crippen LogP contribution in [0.4, 0.5) is 5.95 Å². The first-order chi connectivity index (χ1) is 9.56. The number of anilines is 1. The second-order valence-electron chi connectivity index (χ2n) is 7.16. The molecule has 2 unspecified atom stereocenters. The molecular weight excluding hydrogens is 250 g/mol. The molecule has 5 heteroatoms. The highest BCUT2D eigenvalue weighted by molar-refractivity contribution is 5.30. The van der Waals surface area contributed by atoms with Gasteiger partial charge in [0.1, 0.15) is 5.82 Å². The van der Waals surface area contributed by atoms with Gasteiger partial charge in [0.15, 0.2) is 0 Å². The Bertz CT molecular complexity index is 453. The molecular formula is C15H27N5. The minimum Gasteiger partial charge on any atom is -0.338 e. The molecule has 1 aliphatic heterocycles. The third-order valence-electron chi connectivity index (χ3n) is 5.07. The van der Waals surface area contributed by atoms with Gasteiger partial charge in [-0.1, -0.05) is 26.7 Å². The van der Waals surface area contributed by atoms with Crippen molar-refractivity contribution in [1.29, 1.82) is 0 Å². The van der Waals surface area contributed by atoms with Gasteiger partial charge < -0.3 is 10.6 Å². The molecule has 2 atom stereocenters. The Balaban J connectivity index is 1.76. The van der Waals surface area contributed by atoms with Crippen LogP contribution >= 0.6 is 0 Å². The molecule has 3 N–H and O–H groups in total. The van der Waals surface area contributed by atoms with Crippen LogP contribution in [0, 0.1) is 5.41 Å². The number of hydrogen-bond donors (Lipinski definition) is 2. The van der Waals surface area contributed by atoms with Crippen molar-refractivity contribution in [2.45, 2.75) is 64.3 Å². The fourth-order valence-electron chi connectivity index (χ4n) is 3.75. The number of aromatic nitrogens is 3. The quantitative estimate of drug-likeness (QED) is 0.871. The van der Waals surface area contributed by atoms with Crippen molar-refractivity contribution in [2.24, 2.45) is 11.1 Å². The van der Waals surface area contributed by atoms with Gasteiger partial charge in [0, 0.05) is 25.0 Å². The molecule has 0 spiro atoms. The van der Waals surface area contributed by atoms with Crippen molar-refractivity contribution >= 4 is 5.95 Å². The second-order valence-corrected chi connectivity index (χ2v) is 7.16. The van der Waals surface area contributed by atoms with Crippen LogP contribution in [-0.2, 0) is 0 Å². The van der Waals surface area contributed by atoms with E-state index in [0.29, 0.717) is 11.3 Å². The molecule has 20 heavy (non-hydrogen) atoms. The summed E-state index contributed by atoms with van der Waals surface area (Å²) in [6.45, 7) is 6.62. The van der Waals surface area contributed by atoms with Crippen LogP contribution in [0.2, 0.25) is 0 Å². The summed E-state index contributed by atoms with van der Waals surface area (Å²) in [7, 11) is 0. The average molecular weight is 277 g/mol. The zero-order chi connectivity index (χ0) is 14.2. The van der Waals surface area contributed by atoms with Gasteiger partial charge in [-0.25, -0.2) is 0 Å². The summed E-state index contributed by atoms with van der Waals surface area (Å²) in [5.74, 6) is 2.43. The van der Waals surface area contributed by atoms with Crippen molar-refractivity contribution in [1.82, 2.24) is 15.2 Å². The number of hydrogen-bond acceptors (Lipinski definition) is 4. The topological polar surface area (TPSA) is 70.8 Å². The number of rotatable bonds is 2. The summed E-state index contributed by atoms with van der Waals surface area (Å²) < 4.78 is 0. The van der Waals surface area contributed by atoms with Crippen molar-refractivity contribution in [3.63, 3.8) is 0 Å². The Morgan fingerprint density at radius 3 is 2.85 bits per heavy atom. The number of nitrogens with one attached hydrogen (secondary N) is 1. The molecule has 0 amide bonds. The molecule has 2 aliphatic rings. The van der Waals surface area contributed by atoms with Crippen molar-refractivity contribution in [2.75, 3.05) is 18.0 Å². The molecule has 3 rings (SSSR count). The molecule has 0 radical (unpaired) electrons.